The number of amides is 1. The topological polar surface area (TPSA) is 129 Å². The van der Waals surface area contributed by atoms with Crippen LogP contribution in [0, 0.1) is 17.0 Å². The van der Waals surface area contributed by atoms with Crippen LogP contribution in [-0.2, 0) is 0 Å². The summed E-state index contributed by atoms with van der Waals surface area (Å²) < 4.78 is 5.60. The minimum Gasteiger partial charge on any atom is -0.297 e. The average Bonchev–Trinajstić information content (AvgIpc) is 3.34. The molecule has 0 unspecified atom stereocenters. The first kappa shape index (κ1) is 18.4. The van der Waals surface area contributed by atoms with Gasteiger partial charge >= 0.3 is 0 Å². The van der Waals surface area contributed by atoms with Gasteiger partial charge in [0.2, 0.25) is 5.13 Å². The average molecular weight is 407 g/mol. The fourth-order valence-electron chi connectivity index (χ4n) is 2.69. The molecule has 0 bridgehead atoms. The molecule has 1 amide bonds. The van der Waals surface area contributed by atoms with Gasteiger partial charge in [-0.05, 0) is 25.1 Å². The van der Waals surface area contributed by atoms with Crippen molar-refractivity contribution in [3.8, 4) is 17.2 Å². The molecule has 10 nitrogen and oxygen atoms in total. The quantitative estimate of drug-likeness (QED) is 0.397. The minimum atomic E-state index is -0.478. The molecule has 144 valence electrons. The second kappa shape index (κ2) is 7.56. The number of hydrogen-bond donors (Lipinski definition) is 1. The molecule has 0 radical (unpaired) electrons. The van der Waals surface area contributed by atoms with E-state index < -0.39 is 4.92 Å². The predicted octanol–water partition coefficient (Wildman–Crippen LogP) is 3.25. The highest BCUT2D eigenvalue weighted by Crippen LogP contribution is 2.27. The first-order valence-electron chi connectivity index (χ1n) is 8.41. The Morgan fingerprint density at radius 1 is 1.14 bits per heavy atom. The molecule has 0 spiro atoms. The van der Waals surface area contributed by atoms with Crippen molar-refractivity contribution in [1.29, 1.82) is 0 Å². The molecule has 4 aromatic rings. The van der Waals surface area contributed by atoms with Crippen LogP contribution in [0.25, 0.3) is 17.2 Å². The Morgan fingerprint density at radius 3 is 2.62 bits per heavy atom. The molecule has 0 aliphatic carbocycles. The third-order valence-corrected chi connectivity index (χ3v) is 4.73. The van der Waals surface area contributed by atoms with Crippen molar-refractivity contribution < 1.29 is 9.72 Å². The number of nitrogens with one attached hydrogen (secondary N) is 1. The maximum atomic E-state index is 12.2. The van der Waals surface area contributed by atoms with E-state index >= 15 is 0 Å². The molecule has 1 N–H and O–H groups in total. The first-order chi connectivity index (χ1) is 14.0. The number of para-hydroxylation sites is 2. The highest BCUT2D eigenvalue weighted by atomic mass is 32.1. The van der Waals surface area contributed by atoms with Crippen LogP contribution in [-0.4, -0.2) is 35.2 Å². The van der Waals surface area contributed by atoms with E-state index in [-0.39, 0.29) is 17.4 Å². The molecule has 2 aromatic heterocycles. The lowest BCUT2D eigenvalue weighted by Gasteiger charge is -2.03. The molecular weight excluding hydrogens is 394 g/mol. The van der Waals surface area contributed by atoms with Crippen LogP contribution in [0.3, 0.4) is 0 Å². The zero-order valence-electron chi connectivity index (χ0n) is 15.0. The zero-order chi connectivity index (χ0) is 20.4. The Morgan fingerprint density at radius 2 is 1.86 bits per heavy atom. The number of nitrogens with zero attached hydrogens (tertiary/aromatic N) is 6. The summed E-state index contributed by atoms with van der Waals surface area (Å²) in [6.45, 7) is 1.72. The summed E-state index contributed by atoms with van der Waals surface area (Å²) in [5.41, 5.74) is 1.62. The number of nitro benzene ring substituents is 1. The van der Waals surface area contributed by atoms with Crippen LogP contribution >= 0.6 is 11.5 Å². The van der Waals surface area contributed by atoms with Crippen molar-refractivity contribution >= 4 is 28.3 Å². The Bertz CT molecular complexity index is 1200. The number of aromatic nitrogens is 5. The third-order valence-electron chi connectivity index (χ3n) is 4.10. The van der Waals surface area contributed by atoms with Crippen LogP contribution in [0.5, 0.6) is 0 Å². The van der Waals surface area contributed by atoms with Crippen molar-refractivity contribution in [2.45, 2.75) is 6.92 Å². The number of carbonyl (C=O) groups excluding carboxylic acids is 1. The van der Waals surface area contributed by atoms with Gasteiger partial charge in [0.15, 0.2) is 11.5 Å². The van der Waals surface area contributed by atoms with E-state index in [4.69, 9.17) is 0 Å². The molecule has 2 heterocycles. The summed E-state index contributed by atoms with van der Waals surface area (Å²) in [7, 11) is 0. The van der Waals surface area contributed by atoms with Crippen LogP contribution in [0.15, 0.2) is 54.6 Å². The van der Waals surface area contributed by atoms with Crippen molar-refractivity contribution in [1.82, 2.24) is 24.4 Å². The smallest absolute Gasteiger partial charge is 0.294 e. The highest BCUT2D eigenvalue weighted by Gasteiger charge is 2.22. The molecule has 29 heavy (non-hydrogen) atoms. The van der Waals surface area contributed by atoms with E-state index in [0.717, 1.165) is 11.5 Å². The van der Waals surface area contributed by atoms with Crippen LogP contribution < -0.4 is 5.32 Å². The van der Waals surface area contributed by atoms with Gasteiger partial charge < -0.3 is 0 Å². The van der Waals surface area contributed by atoms with E-state index in [2.05, 4.69) is 25.0 Å². The van der Waals surface area contributed by atoms with E-state index in [0.29, 0.717) is 27.8 Å². The molecule has 2 aromatic carbocycles. The lowest BCUT2D eigenvalue weighted by Crippen LogP contribution is -2.11. The molecule has 0 fully saturated rings. The Kier molecular flexibility index (Phi) is 4.79. The van der Waals surface area contributed by atoms with Gasteiger partial charge in [0.1, 0.15) is 5.69 Å². The monoisotopic (exact) mass is 407 g/mol. The number of nitro groups is 1. The van der Waals surface area contributed by atoms with Crippen LogP contribution in [0.4, 0.5) is 10.8 Å². The molecule has 11 heteroatoms. The number of rotatable bonds is 5. The Balaban J connectivity index is 1.62. The molecule has 0 saturated carbocycles. The Hall–Kier alpha value is -3.99. The van der Waals surface area contributed by atoms with E-state index in [1.54, 1.807) is 49.4 Å². The van der Waals surface area contributed by atoms with Crippen LogP contribution in [0.2, 0.25) is 0 Å². The maximum absolute atomic E-state index is 12.2. The van der Waals surface area contributed by atoms with E-state index in [1.165, 1.54) is 10.7 Å². The third kappa shape index (κ3) is 3.58. The van der Waals surface area contributed by atoms with Crippen molar-refractivity contribution in [3.63, 3.8) is 0 Å². The van der Waals surface area contributed by atoms with Gasteiger partial charge in [-0.25, -0.2) is 4.68 Å². The van der Waals surface area contributed by atoms with E-state index in [9.17, 15) is 14.9 Å². The highest BCUT2D eigenvalue weighted by molar-refractivity contribution is 7.10. The fraction of sp³-hybridized carbons (Fsp3) is 0.0556. The van der Waals surface area contributed by atoms with Gasteiger partial charge in [-0.1, -0.05) is 35.5 Å². The van der Waals surface area contributed by atoms with E-state index in [1.807, 2.05) is 6.07 Å². The normalized spacial score (nSPS) is 10.7. The summed E-state index contributed by atoms with van der Waals surface area (Å²) in [6.07, 6.45) is 0. The fourth-order valence-corrected chi connectivity index (χ4v) is 3.26. The zero-order valence-corrected chi connectivity index (χ0v) is 15.8. The number of benzene rings is 2. The SMILES string of the molecule is Cc1c(-c2nsc(NC(=O)c3ccccc3)n2)nnn1-c1ccccc1[N+](=O)[O-]. The molecule has 0 saturated heterocycles. The second-order valence-corrected chi connectivity index (χ2v) is 6.68. The molecule has 4 rings (SSSR count). The van der Waals surface area contributed by atoms with Gasteiger partial charge in [0, 0.05) is 23.2 Å². The second-order valence-electron chi connectivity index (χ2n) is 5.92. The lowest BCUT2D eigenvalue weighted by molar-refractivity contribution is -0.384. The van der Waals surface area contributed by atoms with Crippen molar-refractivity contribution in [3.05, 3.63) is 76.0 Å². The van der Waals surface area contributed by atoms with Gasteiger partial charge in [0.25, 0.3) is 11.6 Å². The number of carbonyl (C=O) groups is 1. The molecular formula is C18H13N7O3S. The predicted molar refractivity (Wildman–Crippen MR) is 106 cm³/mol. The first-order valence-corrected chi connectivity index (χ1v) is 9.18. The van der Waals surface area contributed by atoms with Gasteiger partial charge in [-0.15, -0.1) is 5.10 Å². The van der Waals surface area contributed by atoms with Crippen LogP contribution in [0.1, 0.15) is 16.1 Å². The number of anilines is 1. The summed E-state index contributed by atoms with van der Waals surface area (Å²) >= 11 is 1.01. The molecule has 0 aliphatic rings. The summed E-state index contributed by atoms with van der Waals surface area (Å²) in [5.74, 6) is -0.0192. The Labute approximate surface area is 168 Å². The van der Waals surface area contributed by atoms with Gasteiger partial charge in [-0.2, -0.15) is 9.36 Å². The standard InChI is InChI=1S/C18H13N7O3S/c1-11-15(21-23-24(11)13-9-5-6-10-14(13)25(27)28)16-19-18(29-22-16)20-17(26)12-7-3-2-4-8-12/h2-10H,1H3,(H,19,20,22,26). The summed E-state index contributed by atoms with van der Waals surface area (Å²) in [5, 5.41) is 22.4. The van der Waals surface area contributed by atoms with Gasteiger partial charge in [-0.3, -0.25) is 20.2 Å². The molecule has 0 atom stereocenters. The summed E-state index contributed by atoms with van der Waals surface area (Å²) in [4.78, 5) is 27.4. The van der Waals surface area contributed by atoms with Crippen molar-refractivity contribution in [2.24, 2.45) is 0 Å². The minimum absolute atomic E-state index is 0.0888. The molecule has 0 aliphatic heterocycles. The van der Waals surface area contributed by atoms with Crippen molar-refractivity contribution in [2.75, 3.05) is 5.32 Å². The number of hydrogen-bond acceptors (Lipinski definition) is 8. The largest absolute Gasteiger partial charge is 0.297 e. The summed E-state index contributed by atoms with van der Waals surface area (Å²) in [6, 6.07) is 15.0. The van der Waals surface area contributed by atoms with Gasteiger partial charge in [0.05, 0.1) is 10.6 Å². The lowest BCUT2D eigenvalue weighted by atomic mass is 10.2. The maximum Gasteiger partial charge on any atom is 0.294 e.